The number of carbonyl (C=O) groups is 1. The van der Waals surface area contributed by atoms with Gasteiger partial charge in [-0.2, -0.15) is 0 Å². The molecule has 1 saturated heterocycles. The van der Waals surface area contributed by atoms with Crippen LogP contribution in [0.4, 0.5) is 0 Å². The fourth-order valence-electron chi connectivity index (χ4n) is 2.35. The Kier molecular flexibility index (Phi) is 3.83. The maximum atomic E-state index is 12.2. The molecule has 5 heteroatoms. The summed E-state index contributed by atoms with van der Waals surface area (Å²) in [5.74, 6) is -0.107. The SMILES string of the molecule is CC1CCOP(=O)(C(=O)C2CCCCC2)O1. The van der Waals surface area contributed by atoms with Crippen molar-refractivity contribution in [2.45, 2.75) is 51.6 Å². The Bertz CT molecular complexity index is 309. The van der Waals surface area contributed by atoms with Crippen LogP contribution in [-0.2, 0) is 18.4 Å². The molecular weight excluding hydrogens is 227 g/mol. The molecule has 0 spiro atoms. The molecule has 1 aliphatic carbocycles. The molecule has 2 atom stereocenters. The van der Waals surface area contributed by atoms with Gasteiger partial charge in [0.15, 0.2) is 0 Å². The first-order valence-electron chi connectivity index (χ1n) is 6.09. The van der Waals surface area contributed by atoms with Crippen LogP contribution < -0.4 is 0 Å². The van der Waals surface area contributed by atoms with E-state index in [2.05, 4.69) is 0 Å². The lowest BCUT2D eigenvalue weighted by molar-refractivity contribution is -0.119. The van der Waals surface area contributed by atoms with Gasteiger partial charge in [-0.05, 0) is 26.2 Å². The normalized spacial score (nSPS) is 37.2. The van der Waals surface area contributed by atoms with Gasteiger partial charge in [0.2, 0.25) is 5.52 Å². The molecule has 1 saturated carbocycles. The second-order valence-corrected chi connectivity index (χ2v) is 6.61. The zero-order valence-electron chi connectivity index (χ0n) is 9.68. The summed E-state index contributed by atoms with van der Waals surface area (Å²) >= 11 is 0. The Morgan fingerprint density at radius 1 is 1.19 bits per heavy atom. The van der Waals surface area contributed by atoms with Crippen LogP contribution in [0.3, 0.4) is 0 Å². The molecule has 0 amide bonds. The monoisotopic (exact) mass is 246 g/mol. The zero-order chi connectivity index (χ0) is 11.6. The fourth-order valence-corrected chi connectivity index (χ4v) is 4.27. The molecule has 2 fully saturated rings. The van der Waals surface area contributed by atoms with Gasteiger partial charge in [0.25, 0.3) is 0 Å². The Labute approximate surface area is 96.2 Å². The largest absolute Gasteiger partial charge is 0.397 e. The van der Waals surface area contributed by atoms with Gasteiger partial charge in [-0.1, -0.05) is 19.3 Å². The van der Waals surface area contributed by atoms with Crippen LogP contribution in [0.2, 0.25) is 0 Å². The summed E-state index contributed by atoms with van der Waals surface area (Å²) < 4.78 is 22.7. The predicted molar refractivity (Wildman–Crippen MR) is 60.3 cm³/mol. The van der Waals surface area contributed by atoms with E-state index in [0.717, 1.165) is 25.7 Å². The third-order valence-corrected chi connectivity index (χ3v) is 5.39. The molecule has 2 rings (SSSR count). The van der Waals surface area contributed by atoms with Gasteiger partial charge in [0, 0.05) is 5.92 Å². The summed E-state index contributed by atoms with van der Waals surface area (Å²) in [4.78, 5) is 12.1. The van der Waals surface area contributed by atoms with Crippen molar-refractivity contribution in [3.63, 3.8) is 0 Å². The Morgan fingerprint density at radius 2 is 1.88 bits per heavy atom. The molecular formula is C11H19O4P. The van der Waals surface area contributed by atoms with E-state index in [1.807, 2.05) is 6.92 Å². The van der Waals surface area contributed by atoms with E-state index in [0.29, 0.717) is 13.0 Å². The van der Waals surface area contributed by atoms with E-state index in [1.54, 1.807) is 0 Å². The van der Waals surface area contributed by atoms with Gasteiger partial charge < -0.3 is 9.05 Å². The van der Waals surface area contributed by atoms with Gasteiger partial charge in [-0.25, -0.2) is 0 Å². The second-order valence-electron chi connectivity index (χ2n) is 4.71. The summed E-state index contributed by atoms with van der Waals surface area (Å²) in [6, 6.07) is 0. The standard InChI is InChI=1S/C11H19O4P/c1-9-7-8-14-16(13,15-9)11(12)10-5-3-2-4-6-10/h9-10H,2-8H2,1H3. The van der Waals surface area contributed by atoms with Crippen molar-refractivity contribution in [2.24, 2.45) is 5.92 Å². The molecule has 2 unspecified atom stereocenters. The number of carbonyl (C=O) groups excluding carboxylic acids is 1. The minimum Gasteiger partial charge on any atom is -0.303 e. The van der Waals surface area contributed by atoms with E-state index < -0.39 is 7.60 Å². The van der Waals surface area contributed by atoms with E-state index in [1.165, 1.54) is 6.42 Å². The maximum Gasteiger partial charge on any atom is 0.397 e. The van der Waals surface area contributed by atoms with E-state index >= 15 is 0 Å². The highest BCUT2D eigenvalue weighted by Gasteiger charge is 2.43. The average Bonchev–Trinajstić information content (AvgIpc) is 2.29. The average molecular weight is 246 g/mol. The highest BCUT2D eigenvalue weighted by Crippen LogP contribution is 2.56. The summed E-state index contributed by atoms with van der Waals surface area (Å²) in [5.41, 5.74) is -0.279. The lowest BCUT2D eigenvalue weighted by Gasteiger charge is -2.30. The molecule has 0 N–H and O–H groups in total. The minimum absolute atomic E-state index is 0.107. The summed E-state index contributed by atoms with van der Waals surface area (Å²) in [6.45, 7) is 2.21. The van der Waals surface area contributed by atoms with Gasteiger partial charge in [0.05, 0.1) is 12.7 Å². The fraction of sp³-hybridized carbons (Fsp3) is 0.909. The first kappa shape index (κ1) is 12.3. The highest BCUT2D eigenvalue weighted by atomic mass is 31.2. The van der Waals surface area contributed by atoms with Crippen LogP contribution in [0.5, 0.6) is 0 Å². The predicted octanol–water partition coefficient (Wildman–Crippen LogP) is 3.11. The molecule has 0 aromatic heterocycles. The molecule has 0 aromatic rings. The summed E-state index contributed by atoms with van der Waals surface area (Å²) in [7, 11) is -3.47. The summed E-state index contributed by atoms with van der Waals surface area (Å²) in [6.07, 6.45) is 5.52. The lowest BCUT2D eigenvalue weighted by atomic mass is 9.90. The quantitative estimate of drug-likeness (QED) is 0.702. The molecule has 1 heterocycles. The van der Waals surface area contributed by atoms with Crippen molar-refractivity contribution >= 4 is 13.1 Å². The van der Waals surface area contributed by atoms with Crippen LogP contribution in [0.1, 0.15) is 45.4 Å². The van der Waals surface area contributed by atoms with Crippen molar-refractivity contribution in [3.05, 3.63) is 0 Å². The highest BCUT2D eigenvalue weighted by molar-refractivity contribution is 7.71. The van der Waals surface area contributed by atoms with Crippen molar-refractivity contribution in [3.8, 4) is 0 Å². The van der Waals surface area contributed by atoms with Gasteiger partial charge >= 0.3 is 7.60 Å². The van der Waals surface area contributed by atoms with Crippen molar-refractivity contribution in [1.82, 2.24) is 0 Å². The molecule has 4 nitrogen and oxygen atoms in total. The Balaban J connectivity index is 2.04. The molecule has 16 heavy (non-hydrogen) atoms. The third-order valence-electron chi connectivity index (χ3n) is 3.33. The maximum absolute atomic E-state index is 12.2. The van der Waals surface area contributed by atoms with Crippen molar-refractivity contribution in [2.75, 3.05) is 6.61 Å². The molecule has 2 aliphatic rings. The van der Waals surface area contributed by atoms with E-state index in [4.69, 9.17) is 9.05 Å². The van der Waals surface area contributed by atoms with Crippen LogP contribution in [0.15, 0.2) is 0 Å². The van der Waals surface area contributed by atoms with Crippen LogP contribution in [0.25, 0.3) is 0 Å². The summed E-state index contributed by atoms with van der Waals surface area (Å²) in [5, 5.41) is 0. The van der Waals surface area contributed by atoms with Crippen molar-refractivity contribution in [1.29, 1.82) is 0 Å². The van der Waals surface area contributed by atoms with Crippen molar-refractivity contribution < 1.29 is 18.4 Å². The molecule has 1 aliphatic heterocycles. The number of rotatable bonds is 2. The van der Waals surface area contributed by atoms with Crippen LogP contribution >= 0.6 is 7.60 Å². The molecule has 0 bridgehead atoms. The number of hydrogen-bond donors (Lipinski definition) is 0. The third kappa shape index (κ3) is 2.55. The first-order chi connectivity index (χ1) is 7.62. The topological polar surface area (TPSA) is 52.6 Å². The molecule has 92 valence electrons. The number of hydrogen-bond acceptors (Lipinski definition) is 4. The molecule has 0 aromatic carbocycles. The van der Waals surface area contributed by atoms with Gasteiger partial charge in [-0.3, -0.25) is 9.36 Å². The minimum atomic E-state index is -3.47. The van der Waals surface area contributed by atoms with Gasteiger partial charge in [0.1, 0.15) is 0 Å². The lowest BCUT2D eigenvalue weighted by Crippen LogP contribution is -2.26. The second kappa shape index (κ2) is 4.99. The zero-order valence-corrected chi connectivity index (χ0v) is 10.6. The molecule has 0 radical (unpaired) electrons. The van der Waals surface area contributed by atoms with E-state index in [-0.39, 0.29) is 17.5 Å². The Morgan fingerprint density at radius 3 is 2.50 bits per heavy atom. The van der Waals surface area contributed by atoms with Crippen LogP contribution in [0, 0.1) is 5.92 Å². The van der Waals surface area contributed by atoms with E-state index in [9.17, 15) is 9.36 Å². The Hall–Kier alpha value is -0.180. The smallest absolute Gasteiger partial charge is 0.303 e. The first-order valence-corrected chi connectivity index (χ1v) is 7.63. The van der Waals surface area contributed by atoms with Gasteiger partial charge in [-0.15, -0.1) is 0 Å². The van der Waals surface area contributed by atoms with Crippen LogP contribution in [-0.4, -0.2) is 18.2 Å².